The molecule has 0 saturated heterocycles. The molecular formula is C72H140O17P2. The van der Waals surface area contributed by atoms with Gasteiger partial charge in [-0.15, -0.1) is 0 Å². The van der Waals surface area contributed by atoms with Crippen molar-refractivity contribution in [3.63, 3.8) is 0 Å². The largest absolute Gasteiger partial charge is 0.472 e. The molecule has 0 amide bonds. The number of ether oxygens (including phenoxy) is 4. The molecule has 0 spiro atoms. The third-order valence-corrected chi connectivity index (χ3v) is 18.7. The fourth-order valence-electron chi connectivity index (χ4n) is 11.0. The summed E-state index contributed by atoms with van der Waals surface area (Å²) in [6.07, 6.45) is 52.6. The molecule has 540 valence electrons. The van der Waals surface area contributed by atoms with E-state index in [2.05, 4.69) is 34.6 Å². The normalized spacial score (nSPS) is 14.0. The van der Waals surface area contributed by atoms with Gasteiger partial charge in [0.2, 0.25) is 0 Å². The van der Waals surface area contributed by atoms with Gasteiger partial charge in [-0.3, -0.25) is 37.3 Å². The molecule has 0 aliphatic heterocycles. The molecule has 0 aromatic carbocycles. The van der Waals surface area contributed by atoms with Gasteiger partial charge in [0.1, 0.15) is 19.3 Å². The van der Waals surface area contributed by atoms with E-state index in [-0.39, 0.29) is 25.7 Å². The second kappa shape index (κ2) is 65.4. The van der Waals surface area contributed by atoms with Gasteiger partial charge in [-0.05, 0) is 31.6 Å². The number of rotatable bonds is 72. The summed E-state index contributed by atoms with van der Waals surface area (Å²) in [5, 5.41) is 10.6. The number of aliphatic hydroxyl groups is 1. The van der Waals surface area contributed by atoms with Crippen molar-refractivity contribution < 1.29 is 80.2 Å². The van der Waals surface area contributed by atoms with E-state index in [9.17, 15) is 43.2 Å². The highest BCUT2D eigenvalue weighted by atomic mass is 31.2. The fourth-order valence-corrected chi connectivity index (χ4v) is 12.6. The molecule has 0 aliphatic carbocycles. The number of phosphoric acid groups is 2. The summed E-state index contributed by atoms with van der Waals surface area (Å²) in [7, 11) is -9.90. The van der Waals surface area contributed by atoms with Crippen molar-refractivity contribution >= 4 is 39.5 Å². The van der Waals surface area contributed by atoms with Crippen LogP contribution in [0.2, 0.25) is 0 Å². The summed E-state index contributed by atoms with van der Waals surface area (Å²) in [5.41, 5.74) is 0. The van der Waals surface area contributed by atoms with E-state index in [1.54, 1.807) is 0 Å². The van der Waals surface area contributed by atoms with E-state index in [0.717, 1.165) is 102 Å². The van der Waals surface area contributed by atoms with Gasteiger partial charge >= 0.3 is 39.5 Å². The Morgan fingerprint density at radius 2 is 0.505 bits per heavy atom. The Hall–Kier alpha value is -1.94. The number of hydrogen-bond donors (Lipinski definition) is 3. The summed E-state index contributed by atoms with van der Waals surface area (Å²) in [4.78, 5) is 72.6. The summed E-state index contributed by atoms with van der Waals surface area (Å²) in [6.45, 7) is 7.26. The van der Waals surface area contributed by atoms with Crippen molar-refractivity contribution in [1.29, 1.82) is 0 Å². The molecule has 0 aromatic rings. The first kappa shape index (κ1) is 89.1. The topological polar surface area (TPSA) is 237 Å². The molecule has 0 bridgehead atoms. The summed E-state index contributed by atoms with van der Waals surface area (Å²) in [5.74, 6) is -1.33. The smallest absolute Gasteiger partial charge is 0.462 e. The summed E-state index contributed by atoms with van der Waals surface area (Å²) >= 11 is 0. The summed E-state index contributed by atoms with van der Waals surface area (Å²) in [6, 6.07) is 0. The van der Waals surface area contributed by atoms with Gasteiger partial charge < -0.3 is 33.8 Å². The highest BCUT2D eigenvalue weighted by Gasteiger charge is 2.30. The molecule has 0 aliphatic rings. The highest BCUT2D eigenvalue weighted by Crippen LogP contribution is 2.45. The van der Waals surface area contributed by atoms with Gasteiger partial charge in [0.15, 0.2) is 12.2 Å². The lowest BCUT2D eigenvalue weighted by molar-refractivity contribution is -0.161. The minimum absolute atomic E-state index is 0.107. The maximum absolute atomic E-state index is 13.0. The molecule has 0 heterocycles. The number of phosphoric ester groups is 2. The Bertz CT molecular complexity index is 1750. The number of unbranched alkanes of at least 4 members (excludes halogenated alkanes) is 44. The number of aliphatic hydroxyl groups excluding tert-OH is 1. The Kier molecular flexibility index (Phi) is 64.0. The van der Waals surface area contributed by atoms with Gasteiger partial charge in [-0.2, -0.15) is 0 Å². The lowest BCUT2D eigenvalue weighted by Crippen LogP contribution is -2.30. The lowest BCUT2D eigenvalue weighted by atomic mass is 10.0. The Morgan fingerprint density at radius 1 is 0.297 bits per heavy atom. The van der Waals surface area contributed by atoms with E-state index >= 15 is 0 Å². The van der Waals surface area contributed by atoms with Crippen LogP contribution in [-0.2, 0) is 65.4 Å². The Balaban J connectivity index is 5.22. The molecule has 3 N–H and O–H groups in total. The molecule has 91 heavy (non-hydrogen) atoms. The zero-order valence-electron chi connectivity index (χ0n) is 59.0. The third-order valence-electron chi connectivity index (χ3n) is 16.8. The quantitative estimate of drug-likeness (QED) is 0.0222. The average Bonchev–Trinajstić information content (AvgIpc) is 3.73. The van der Waals surface area contributed by atoms with Crippen LogP contribution in [0.1, 0.15) is 375 Å². The molecule has 0 rings (SSSR count). The van der Waals surface area contributed by atoms with Gasteiger partial charge in [-0.25, -0.2) is 9.13 Å². The van der Waals surface area contributed by atoms with E-state index < -0.39 is 97.5 Å². The van der Waals surface area contributed by atoms with E-state index in [4.69, 9.17) is 37.0 Å². The molecule has 0 radical (unpaired) electrons. The van der Waals surface area contributed by atoms with Gasteiger partial charge in [0.25, 0.3) is 0 Å². The van der Waals surface area contributed by atoms with Crippen LogP contribution in [0.25, 0.3) is 0 Å². The second-order valence-corrected chi connectivity index (χ2v) is 29.4. The van der Waals surface area contributed by atoms with Crippen LogP contribution in [-0.4, -0.2) is 96.7 Å². The van der Waals surface area contributed by atoms with Crippen molar-refractivity contribution in [2.45, 2.75) is 393 Å². The summed E-state index contributed by atoms with van der Waals surface area (Å²) < 4.78 is 68.3. The SMILES string of the molecule is CCCCCCCCCCCCCCCCCC(=O)OC[C@H](COP(=O)(O)OC[C@@H](O)COP(=O)(O)OC[C@@H](COC(=O)CCCCCCCCCC)OC(=O)CCCCCCCCCCCCCC)OC(=O)CCCCCCCCCCCCCCCC(C)C. The van der Waals surface area contributed by atoms with E-state index in [0.29, 0.717) is 25.7 Å². The molecule has 0 aromatic heterocycles. The standard InChI is InChI=1S/C72H140O17P2/c1-6-9-12-15-18-21-23-25-26-29-33-36-41-46-51-56-70(75)83-62-68(89-72(77)58-53-48-43-38-34-30-27-28-31-35-39-44-49-54-65(4)5)64-87-91(80,81)85-60-66(73)59-84-90(78,79)86-63-67(61-82-69(74)55-50-45-40-20-17-14-11-8-3)88-71(76)57-52-47-42-37-32-24-22-19-16-13-10-7-2/h65-68,73H,6-64H2,1-5H3,(H,78,79)(H,80,81)/t66-,67+,68+/m0/s1. The minimum Gasteiger partial charge on any atom is -0.462 e. The van der Waals surface area contributed by atoms with Crippen LogP contribution >= 0.6 is 15.6 Å². The van der Waals surface area contributed by atoms with Crippen LogP contribution in [0, 0.1) is 5.92 Å². The van der Waals surface area contributed by atoms with Crippen LogP contribution < -0.4 is 0 Å². The van der Waals surface area contributed by atoms with Crippen molar-refractivity contribution in [2.75, 3.05) is 39.6 Å². The fraction of sp³-hybridized carbons (Fsp3) is 0.944. The van der Waals surface area contributed by atoms with Crippen molar-refractivity contribution in [3.8, 4) is 0 Å². The molecule has 5 atom stereocenters. The van der Waals surface area contributed by atoms with Crippen LogP contribution in [0.3, 0.4) is 0 Å². The number of carbonyl (C=O) groups excluding carboxylic acids is 4. The molecule has 0 fully saturated rings. The molecular weight excluding hydrogens is 1200 g/mol. The minimum atomic E-state index is -4.95. The van der Waals surface area contributed by atoms with Crippen molar-refractivity contribution in [1.82, 2.24) is 0 Å². The van der Waals surface area contributed by atoms with Crippen LogP contribution in [0.5, 0.6) is 0 Å². The van der Waals surface area contributed by atoms with Crippen molar-refractivity contribution in [2.24, 2.45) is 5.92 Å². The van der Waals surface area contributed by atoms with Gasteiger partial charge in [-0.1, -0.05) is 324 Å². The average molecular weight is 1340 g/mol. The predicted molar refractivity (Wildman–Crippen MR) is 368 cm³/mol. The van der Waals surface area contributed by atoms with E-state index in [1.807, 2.05) is 0 Å². The first-order valence-corrected chi connectivity index (χ1v) is 40.6. The van der Waals surface area contributed by atoms with Crippen LogP contribution in [0.15, 0.2) is 0 Å². The molecule has 2 unspecified atom stereocenters. The molecule has 17 nitrogen and oxygen atoms in total. The second-order valence-electron chi connectivity index (χ2n) is 26.5. The lowest BCUT2D eigenvalue weighted by Gasteiger charge is -2.21. The maximum atomic E-state index is 13.0. The monoisotopic (exact) mass is 1340 g/mol. The Morgan fingerprint density at radius 3 is 0.747 bits per heavy atom. The third kappa shape index (κ3) is 66.5. The zero-order chi connectivity index (χ0) is 67.0. The number of carbonyl (C=O) groups is 4. The maximum Gasteiger partial charge on any atom is 0.472 e. The van der Waals surface area contributed by atoms with Gasteiger partial charge in [0, 0.05) is 25.7 Å². The molecule has 0 saturated carbocycles. The first-order valence-electron chi connectivity index (χ1n) is 37.6. The van der Waals surface area contributed by atoms with Gasteiger partial charge in [0.05, 0.1) is 26.4 Å². The zero-order valence-corrected chi connectivity index (χ0v) is 60.8. The van der Waals surface area contributed by atoms with Crippen LogP contribution in [0.4, 0.5) is 0 Å². The predicted octanol–water partition coefficient (Wildman–Crippen LogP) is 20.9. The number of esters is 4. The molecule has 19 heteroatoms. The first-order chi connectivity index (χ1) is 44.0. The Labute approximate surface area is 556 Å². The highest BCUT2D eigenvalue weighted by molar-refractivity contribution is 7.47. The van der Waals surface area contributed by atoms with Crippen molar-refractivity contribution in [3.05, 3.63) is 0 Å². The van der Waals surface area contributed by atoms with E-state index in [1.165, 1.54) is 193 Å². The number of hydrogen-bond acceptors (Lipinski definition) is 15.